The van der Waals surface area contributed by atoms with E-state index >= 15 is 0 Å². The van der Waals surface area contributed by atoms with Crippen molar-refractivity contribution in [2.45, 2.75) is 33.0 Å². The predicted octanol–water partition coefficient (Wildman–Crippen LogP) is 3.42. The number of nitro groups is 2. The minimum absolute atomic E-state index is 0.0309. The lowest BCUT2D eigenvalue weighted by Crippen LogP contribution is -2.27. The van der Waals surface area contributed by atoms with E-state index in [0.29, 0.717) is 13.1 Å². The van der Waals surface area contributed by atoms with Crippen molar-refractivity contribution < 1.29 is 19.3 Å². The molecule has 0 bridgehead atoms. The normalized spacial score (nSPS) is 10.9. The molecule has 0 N–H and O–H groups in total. The Morgan fingerprint density at radius 1 is 1.00 bits per heavy atom. The number of methoxy groups -OCH3 is 2. The molecule has 0 atom stereocenters. The van der Waals surface area contributed by atoms with Gasteiger partial charge in [-0.05, 0) is 12.8 Å². The topological polar surface area (TPSA) is 108 Å². The van der Waals surface area contributed by atoms with Crippen molar-refractivity contribution in [3.63, 3.8) is 0 Å². The first-order valence-corrected chi connectivity index (χ1v) is 7.68. The van der Waals surface area contributed by atoms with E-state index in [1.54, 1.807) is 4.90 Å². The SMILES string of the molecule is CCCN(CCC)c1c([N+](=O)[O-])cc(C(OC)OC)cc1[N+](=O)[O-]. The van der Waals surface area contributed by atoms with Crippen LogP contribution in [0.4, 0.5) is 17.1 Å². The van der Waals surface area contributed by atoms with Crippen LogP contribution in [0, 0.1) is 20.2 Å². The summed E-state index contributed by atoms with van der Waals surface area (Å²) in [5.41, 5.74) is -0.376. The number of nitro benzene ring substituents is 2. The van der Waals surface area contributed by atoms with E-state index in [4.69, 9.17) is 9.47 Å². The van der Waals surface area contributed by atoms with Crippen molar-refractivity contribution in [2.75, 3.05) is 32.2 Å². The van der Waals surface area contributed by atoms with Gasteiger partial charge in [0.1, 0.15) is 0 Å². The Labute approximate surface area is 140 Å². The fourth-order valence-electron chi connectivity index (χ4n) is 2.61. The maximum Gasteiger partial charge on any atom is 0.300 e. The molecule has 0 aliphatic heterocycles. The zero-order valence-corrected chi connectivity index (χ0v) is 14.4. The molecule has 0 spiro atoms. The number of anilines is 1. The molecule has 9 heteroatoms. The van der Waals surface area contributed by atoms with Gasteiger partial charge in [-0.1, -0.05) is 13.8 Å². The maximum atomic E-state index is 11.5. The van der Waals surface area contributed by atoms with Gasteiger partial charge in [0.25, 0.3) is 11.4 Å². The summed E-state index contributed by atoms with van der Waals surface area (Å²) in [5.74, 6) is 0. The van der Waals surface area contributed by atoms with Crippen molar-refractivity contribution in [1.82, 2.24) is 0 Å². The summed E-state index contributed by atoms with van der Waals surface area (Å²) in [5, 5.41) is 23.1. The Morgan fingerprint density at radius 3 is 1.71 bits per heavy atom. The number of hydrogen-bond acceptors (Lipinski definition) is 7. The fourth-order valence-corrected chi connectivity index (χ4v) is 2.61. The first-order valence-electron chi connectivity index (χ1n) is 7.68. The average Bonchev–Trinajstić information content (AvgIpc) is 2.54. The van der Waals surface area contributed by atoms with E-state index in [0.717, 1.165) is 12.8 Å². The van der Waals surface area contributed by atoms with Crippen LogP contribution in [0.1, 0.15) is 38.5 Å². The third-order valence-corrected chi connectivity index (χ3v) is 3.49. The second-order valence-electron chi connectivity index (χ2n) is 5.21. The molecule has 134 valence electrons. The van der Waals surface area contributed by atoms with Crippen LogP contribution in [-0.4, -0.2) is 37.2 Å². The summed E-state index contributed by atoms with van der Waals surface area (Å²) in [6, 6.07) is 2.55. The second kappa shape index (κ2) is 9.14. The lowest BCUT2D eigenvalue weighted by molar-refractivity contribution is -0.392. The zero-order valence-electron chi connectivity index (χ0n) is 14.4. The third kappa shape index (κ3) is 4.39. The average molecular weight is 341 g/mol. The Hall–Kier alpha value is -2.26. The maximum absolute atomic E-state index is 11.5. The van der Waals surface area contributed by atoms with Crippen molar-refractivity contribution in [3.8, 4) is 0 Å². The molecular weight excluding hydrogens is 318 g/mol. The van der Waals surface area contributed by atoms with Gasteiger partial charge in [0.15, 0.2) is 12.0 Å². The molecule has 0 saturated heterocycles. The number of ether oxygens (including phenoxy) is 2. The highest BCUT2D eigenvalue weighted by Gasteiger charge is 2.32. The molecule has 0 fully saturated rings. The minimum atomic E-state index is -0.915. The monoisotopic (exact) mass is 341 g/mol. The van der Waals surface area contributed by atoms with E-state index in [1.165, 1.54) is 26.4 Å². The minimum Gasteiger partial charge on any atom is -0.360 e. The molecule has 0 aliphatic rings. The summed E-state index contributed by atoms with van der Waals surface area (Å²) < 4.78 is 10.1. The Balaban J connectivity index is 3.65. The summed E-state index contributed by atoms with van der Waals surface area (Å²) >= 11 is 0. The molecule has 1 aromatic rings. The Bertz CT molecular complexity index is 548. The van der Waals surface area contributed by atoms with Gasteiger partial charge < -0.3 is 14.4 Å². The van der Waals surface area contributed by atoms with Gasteiger partial charge in [-0.15, -0.1) is 0 Å². The largest absolute Gasteiger partial charge is 0.360 e. The number of nitrogens with zero attached hydrogens (tertiary/aromatic N) is 3. The third-order valence-electron chi connectivity index (χ3n) is 3.49. The van der Waals surface area contributed by atoms with Crippen LogP contribution >= 0.6 is 0 Å². The van der Waals surface area contributed by atoms with E-state index in [9.17, 15) is 20.2 Å². The van der Waals surface area contributed by atoms with Crippen LogP contribution in [0.2, 0.25) is 0 Å². The van der Waals surface area contributed by atoms with Crippen molar-refractivity contribution in [1.29, 1.82) is 0 Å². The molecule has 0 heterocycles. The van der Waals surface area contributed by atoms with Gasteiger partial charge >= 0.3 is 0 Å². The van der Waals surface area contributed by atoms with Gasteiger partial charge in [0.2, 0.25) is 0 Å². The number of hydrogen-bond donors (Lipinski definition) is 0. The van der Waals surface area contributed by atoms with Gasteiger partial charge in [-0.2, -0.15) is 0 Å². The molecular formula is C15H23N3O6. The van der Waals surface area contributed by atoms with E-state index in [2.05, 4.69) is 0 Å². The van der Waals surface area contributed by atoms with Crippen LogP contribution < -0.4 is 4.90 Å². The fraction of sp³-hybridized carbons (Fsp3) is 0.600. The van der Waals surface area contributed by atoms with E-state index < -0.39 is 16.1 Å². The van der Waals surface area contributed by atoms with Crippen molar-refractivity contribution in [2.24, 2.45) is 0 Å². The standard InChI is InChI=1S/C15H23N3O6/c1-5-7-16(8-6-2)14-12(17(19)20)9-11(15(23-3)24-4)10-13(14)18(21)22/h9-10,15H,5-8H2,1-4H3. The molecule has 0 radical (unpaired) electrons. The molecule has 0 aromatic heterocycles. The van der Waals surface area contributed by atoms with Crippen LogP contribution in [-0.2, 0) is 9.47 Å². The summed E-state index contributed by atoms with van der Waals surface area (Å²) in [6.45, 7) is 4.82. The highest BCUT2D eigenvalue weighted by Crippen LogP contribution is 2.40. The molecule has 9 nitrogen and oxygen atoms in total. The summed E-state index contributed by atoms with van der Waals surface area (Å²) in [4.78, 5) is 23.6. The van der Waals surface area contributed by atoms with Crippen LogP contribution in [0.3, 0.4) is 0 Å². The van der Waals surface area contributed by atoms with Gasteiger partial charge in [-0.25, -0.2) is 0 Å². The van der Waals surface area contributed by atoms with Gasteiger partial charge in [0.05, 0.1) is 9.85 Å². The molecule has 1 aromatic carbocycles. The first-order chi connectivity index (χ1) is 11.4. The zero-order chi connectivity index (χ0) is 18.3. The van der Waals surface area contributed by atoms with E-state index in [-0.39, 0.29) is 22.6 Å². The number of rotatable bonds is 10. The Kier molecular flexibility index (Phi) is 7.53. The van der Waals surface area contributed by atoms with Crippen molar-refractivity contribution in [3.05, 3.63) is 37.9 Å². The highest BCUT2D eigenvalue weighted by molar-refractivity contribution is 5.76. The van der Waals surface area contributed by atoms with Gasteiger partial charge in [0, 0.05) is 45.0 Å². The van der Waals surface area contributed by atoms with E-state index in [1.807, 2.05) is 13.8 Å². The van der Waals surface area contributed by atoms with Crippen LogP contribution in [0.25, 0.3) is 0 Å². The lowest BCUT2D eigenvalue weighted by Gasteiger charge is -2.24. The number of benzene rings is 1. The van der Waals surface area contributed by atoms with Gasteiger partial charge in [-0.3, -0.25) is 20.2 Å². The molecule has 0 saturated carbocycles. The first kappa shape index (κ1) is 19.8. The van der Waals surface area contributed by atoms with Crippen LogP contribution in [0.5, 0.6) is 0 Å². The highest BCUT2D eigenvalue weighted by atomic mass is 16.7. The summed E-state index contributed by atoms with van der Waals surface area (Å²) in [7, 11) is 2.72. The quantitative estimate of drug-likeness (QED) is 0.364. The molecule has 1 rings (SSSR count). The van der Waals surface area contributed by atoms with Crippen LogP contribution in [0.15, 0.2) is 12.1 Å². The predicted molar refractivity (Wildman–Crippen MR) is 89.3 cm³/mol. The molecule has 0 aliphatic carbocycles. The van der Waals surface area contributed by atoms with Crippen molar-refractivity contribution >= 4 is 17.1 Å². The Morgan fingerprint density at radius 2 is 1.42 bits per heavy atom. The summed E-state index contributed by atoms with van der Waals surface area (Å²) in [6.07, 6.45) is 0.520. The lowest BCUT2D eigenvalue weighted by atomic mass is 10.1. The second-order valence-corrected chi connectivity index (χ2v) is 5.21. The molecule has 0 amide bonds. The smallest absolute Gasteiger partial charge is 0.300 e. The molecule has 24 heavy (non-hydrogen) atoms. The molecule has 0 unspecified atom stereocenters.